The van der Waals surface area contributed by atoms with Crippen molar-refractivity contribution in [3.05, 3.63) is 54.2 Å². The lowest BCUT2D eigenvalue weighted by molar-refractivity contribution is 0.287. The van der Waals surface area contributed by atoms with Crippen molar-refractivity contribution >= 4 is 34.2 Å². The molecule has 38 heavy (non-hydrogen) atoms. The molecule has 1 fully saturated rings. The van der Waals surface area contributed by atoms with Crippen LogP contribution in [-0.2, 0) is 0 Å². The van der Waals surface area contributed by atoms with Crippen LogP contribution in [0.4, 0.5) is 32.0 Å². The Morgan fingerprint density at radius 3 is 2.58 bits per heavy atom. The standard InChI is InChI=1S/C28H30F2N6O2/c1-17(2)36-10-11-37-27-21(29)12-19(13-23(27)36)26-22(30)16-31-28(33-26)32-20-5-4-18-14-25(38-24(18)15-20)35-8-6-34(3)7-9-35/h4-5,12-17H,6-11H2,1-3H3,(H,31,32,33). The van der Waals surface area contributed by atoms with Crippen molar-refractivity contribution in [2.75, 3.05) is 61.5 Å². The molecule has 2 aliphatic rings. The SMILES string of the molecule is CC(C)N1CCOc2c(F)cc(-c3nc(Nc4ccc5cc(N6CCN(C)CC6)oc5c4)ncc3F)cc21. The number of anilines is 4. The van der Waals surface area contributed by atoms with Crippen LogP contribution >= 0.6 is 0 Å². The number of aromatic nitrogens is 2. The molecule has 0 saturated carbocycles. The maximum atomic E-state index is 15.0. The molecule has 4 heterocycles. The average Bonchev–Trinajstić information content (AvgIpc) is 3.33. The number of ether oxygens (including phenoxy) is 1. The van der Waals surface area contributed by atoms with Gasteiger partial charge >= 0.3 is 0 Å². The summed E-state index contributed by atoms with van der Waals surface area (Å²) in [5.74, 6) is 0.0427. The van der Waals surface area contributed by atoms with Gasteiger partial charge in [-0.3, -0.25) is 0 Å². The van der Waals surface area contributed by atoms with Crippen molar-refractivity contribution in [2.24, 2.45) is 0 Å². The highest BCUT2D eigenvalue weighted by atomic mass is 19.1. The van der Waals surface area contributed by atoms with Crippen molar-refractivity contribution < 1.29 is 17.9 Å². The van der Waals surface area contributed by atoms with Gasteiger partial charge < -0.3 is 29.2 Å². The summed E-state index contributed by atoms with van der Waals surface area (Å²) in [5.41, 5.74) is 2.35. The second kappa shape index (κ2) is 9.75. The summed E-state index contributed by atoms with van der Waals surface area (Å²) >= 11 is 0. The monoisotopic (exact) mass is 520 g/mol. The average molecular weight is 521 g/mol. The first-order valence-electron chi connectivity index (χ1n) is 12.9. The number of likely N-dealkylation sites (N-methyl/N-ethyl adjacent to an activating group) is 1. The molecular formula is C28H30F2N6O2. The van der Waals surface area contributed by atoms with Gasteiger partial charge in [-0.2, -0.15) is 0 Å². The number of nitrogens with one attached hydrogen (secondary N) is 1. The number of hydrogen-bond donors (Lipinski definition) is 1. The first kappa shape index (κ1) is 24.4. The fourth-order valence-corrected chi connectivity index (χ4v) is 5.01. The van der Waals surface area contributed by atoms with Gasteiger partial charge in [0.15, 0.2) is 23.3 Å². The molecule has 2 aromatic heterocycles. The maximum absolute atomic E-state index is 15.0. The lowest BCUT2D eigenvalue weighted by Gasteiger charge is -2.34. The summed E-state index contributed by atoms with van der Waals surface area (Å²) < 4.78 is 41.6. The Hall–Kier alpha value is -3.92. The molecule has 6 rings (SSSR count). The number of fused-ring (bicyclic) bond motifs is 2. The predicted molar refractivity (Wildman–Crippen MR) is 145 cm³/mol. The van der Waals surface area contributed by atoms with Crippen molar-refractivity contribution in [2.45, 2.75) is 19.9 Å². The molecule has 0 amide bonds. The van der Waals surface area contributed by atoms with Crippen LogP contribution in [0.1, 0.15) is 13.8 Å². The number of halogens is 2. The van der Waals surface area contributed by atoms with Gasteiger partial charge in [-0.25, -0.2) is 18.7 Å². The molecule has 0 bridgehead atoms. The van der Waals surface area contributed by atoms with Gasteiger partial charge in [-0.05, 0) is 45.2 Å². The molecule has 2 aliphatic heterocycles. The molecule has 1 N–H and O–H groups in total. The van der Waals surface area contributed by atoms with E-state index in [4.69, 9.17) is 9.15 Å². The van der Waals surface area contributed by atoms with Gasteiger partial charge in [0.25, 0.3) is 0 Å². The molecule has 0 spiro atoms. The van der Waals surface area contributed by atoms with E-state index in [9.17, 15) is 8.78 Å². The highest BCUT2D eigenvalue weighted by Gasteiger charge is 2.26. The predicted octanol–water partition coefficient (Wildman–Crippen LogP) is 5.27. The number of piperazine rings is 1. The molecule has 0 aliphatic carbocycles. The molecule has 198 valence electrons. The molecule has 0 unspecified atom stereocenters. The number of furan rings is 1. The molecular weight excluding hydrogens is 490 g/mol. The maximum Gasteiger partial charge on any atom is 0.227 e. The van der Waals surface area contributed by atoms with Crippen LogP contribution in [0.25, 0.3) is 22.2 Å². The molecule has 2 aromatic carbocycles. The minimum Gasteiger partial charge on any atom is -0.486 e. The molecule has 10 heteroatoms. The van der Waals surface area contributed by atoms with Crippen LogP contribution in [0.5, 0.6) is 5.75 Å². The Balaban J connectivity index is 1.28. The van der Waals surface area contributed by atoms with Gasteiger partial charge in [-0.1, -0.05) is 0 Å². The molecule has 1 saturated heterocycles. The van der Waals surface area contributed by atoms with E-state index < -0.39 is 11.6 Å². The first-order valence-corrected chi connectivity index (χ1v) is 12.9. The quantitative estimate of drug-likeness (QED) is 0.382. The first-order chi connectivity index (χ1) is 18.4. The zero-order valence-electron chi connectivity index (χ0n) is 21.7. The van der Waals surface area contributed by atoms with Gasteiger partial charge in [0.2, 0.25) is 5.95 Å². The van der Waals surface area contributed by atoms with E-state index in [0.717, 1.165) is 49.2 Å². The van der Waals surface area contributed by atoms with Gasteiger partial charge in [0.05, 0.1) is 18.4 Å². The zero-order valence-corrected chi connectivity index (χ0v) is 21.7. The Labute approximate surface area is 219 Å². The van der Waals surface area contributed by atoms with E-state index in [-0.39, 0.29) is 23.4 Å². The topological polar surface area (TPSA) is 69.9 Å². The Bertz CT molecular complexity index is 1480. The summed E-state index contributed by atoms with van der Waals surface area (Å²) in [6.07, 6.45) is 1.09. The van der Waals surface area contributed by atoms with Gasteiger partial charge in [-0.15, -0.1) is 0 Å². The minimum absolute atomic E-state index is 0.00918. The second-order valence-corrected chi connectivity index (χ2v) is 10.1. The van der Waals surface area contributed by atoms with Crippen LogP contribution in [0.2, 0.25) is 0 Å². The molecule has 0 radical (unpaired) electrons. The van der Waals surface area contributed by atoms with Crippen LogP contribution in [0, 0.1) is 11.6 Å². The fraction of sp³-hybridized carbons (Fsp3) is 0.357. The number of hydrogen-bond acceptors (Lipinski definition) is 8. The number of rotatable bonds is 5. The number of nitrogens with zero attached hydrogens (tertiary/aromatic N) is 5. The normalized spacial score (nSPS) is 16.2. The van der Waals surface area contributed by atoms with Crippen LogP contribution < -0.4 is 19.9 Å². The van der Waals surface area contributed by atoms with E-state index in [2.05, 4.69) is 32.1 Å². The summed E-state index contributed by atoms with van der Waals surface area (Å²) in [4.78, 5) is 15.1. The van der Waals surface area contributed by atoms with Crippen molar-refractivity contribution in [1.29, 1.82) is 0 Å². The lowest BCUT2D eigenvalue weighted by atomic mass is 10.1. The third kappa shape index (κ3) is 4.60. The van der Waals surface area contributed by atoms with Crippen LogP contribution in [0.15, 0.2) is 47.0 Å². The summed E-state index contributed by atoms with van der Waals surface area (Å²) in [6.45, 7) is 8.88. The third-order valence-electron chi connectivity index (χ3n) is 7.13. The number of benzene rings is 2. The minimum atomic E-state index is -0.638. The summed E-state index contributed by atoms with van der Waals surface area (Å²) in [7, 11) is 2.12. The van der Waals surface area contributed by atoms with Crippen LogP contribution in [0.3, 0.4) is 0 Å². The smallest absolute Gasteiger partial charge is 0.227 e. The van der Waals surface area contributed by atoms with E-state index in [1.165, 1.54) is 6.07 Å². The summed E-state index contributed by atoms with van der Waals surface area (Å²) in [6, 6.07) is 10.9. The van der Waals surface area contributed by atoms with Crippen LogP contribution in [-0.4, -0.2) is 67.3 Å². The van der Waals surface area contributed by atoms with E-state index >= 15 is 0 Å². The summed E-state index contributed by atoms with van der Waals surface area (Å²) in [5, 5.41) is 4.13. The van der Waals surface area contributed by atoms with E-state index in [1.54, 1.807) is 6.07 Å². The largest absolute Gasteiger partial charge is 0.486 e. The zero-order chi connectivity index (χ0) is 26.4. The third-order valence-corrected chi connectivity index (χ3v) is 7.13. The second-order valence-electron chi connectivity index (χ2n) is 10.1. The molecule has 8 nitrogen and oxygen atoms in total. The Morgan fingerprint density at radius 1 is 0.974 bits per heavy atom. The van der Waals surface area contributed by atoms with E-state index in [1.807, 2.05) is 43.0 Å². The molecule has 0 atom stereocenters. The van der Waals surface area contributed by atoms with Crippen molar-refractivity contribution in [3.8, 4) is 17.0 Å². The lowest BCUT2D eigenvalue weighted by Crippen LogP contribution is -2.44. The Kier molecular flexibility index (Phi) is 6.27. The van der Waals surface area contributed by atoms with Gasteiger partial charge in [0.1, 0.15) is 17.9 Å². The fourth-order valence-electron chi connectivity index (χ4n) is 5.01. The Morgan fingerprint density at radius 2 is 1.79 bits per heavy atom. The molecule has 4 aromatic rings. The van der Waals surface area contributed by atoms with Gasteiger partial charge in [0, 0.05) is 61.0 Å². The van der Waals surface area contributed by atoms with Crippen molar-refractivity contribution in [1.82, 2.24) is 14.9 Å². The highest BCUT2D eigenvalue weighted by molar-refractivity contribution is 5.85. The van der Waals surface area contributed by atoms with E-state index in [0.29, 0.717) is 30.1 Å². The highest BCUT2D eigenvalue weighted by Crippen LogP contribution is 2.39. The van der Waals surface area contributed by atoms with Crippen molar-refractivity contribution in [3.63, 3.8) is 0 Å².